The van der Waals surface area contributed by atoms with E-state index in [1.54, 1.807) is 6.20 Å². The number of benzene rings is 1. The fourth-order valence-electron chi connectivity index (χ4n) is 1.58. The Morgan fingerprint density at radius 1 is 1.17 bits per heavy atom. The molecule has 3 nitrogen and oxygen atoms in total. The molecule has 1 aromatic carbocycles. The molecule has 0 spiro atoms. The van der Waals surface area contributed by atoms with Gasteiger partial charge in [0.2, 0.25) is 5.88 Å². The summed E-state index contributed by atoms with van der Waals surface area (Å²) >= 11 is 0. The summed E-state index contributed by atoms with van der Waals surface area (Å²) in [5.74, 6) is 0.454. The highest BCUT2D eigenvalue weighted by atomic mass is 19.4. The van der Waals surface area contributed by atoms with Crippen molar-refractivity contribution in [1.82, 2.24) is 9.78 Å². The van der Waals surface area contributed by atoms with Gasteiger partial charge in [0.1, 0.15) is 0 Å². The molecule has 0 saturated carbocycles. The monoisotopic (exact) mass is 256 g/mol. The predicted octanol–water partition coefficient (Wildman–Crippen LogP) is 3.21. The summed E-state index contributed by atoms with van der Waals surface area (Å²) in [6.07, 6.45) is -2.63. The molecular formula is C12H11F3N2O. The van der Waals surface area contributed by atoms with Crippen molar-refractivity contribution >= 4 is 0 Å². The SMILES string of the molecule is COc1nn(-c2ccc(C(F)(F)F)cc2)cc1C. The molecule has 0 bridgehead atoms. The van der Waals surface area contributed by atoms with Crippen molar-refractivity contribution in [3.63, 3.8) is 0 Å². The topological polar surface area (TPSA) is 27.1 Å². The quantitative estimate of drug-likeness (QED) is 0.825. The molecule has 1 aromatic heterocycles. The summed E-state index contributed by atoms with van der Waals surface area (Å²) < 4.78 is 43.7. The first-order chi connectivity index (χ1) is 8.41. The van der Waals surface area contributed by atoms with Crippen LogP contribution in [0.4, 0.5) is 13.2 Å². The molecule has 0 radical (unpaired) electrons. The molecule has 0 aliphatic heterocycles. The van der Waals surface area contributed by atoms with Crippen LogP contribution in [-0.4, -0.2) is 16.9 Å². The van der Waals surface area contributed by atoms with E-state index in [1.807, 2.05) is 6.92 Å². The Labute approximate surface area is 102 Å². The highest BCUT2D eigenvalue weighted by Gasteiger charge is 2.30. The van der Waals surface area contributed by atoms with Gasteiger partial charge in [0.25, 0.3) is 0 Å². The van der Waals surface area contributed by atoms with Crippen molar-refractivity contribution in [2.24, 2.45) is 0 Å². The van der Waals surface area contributed by atoms with Gasteiger partial charge in [-0.2, -0.15) is 13.2 Å². The van der Waals surface area contributed by atoms with Gasteiger partial charge in [-0.1, -0.05) is 0 Å². The summed E-state index contributed by atoms with van der Waals surface area (Å²) in [4.78, 5) is 0. The second kappa shape index (κ2) is 4.36. The summed E-state index contributed by atoms with van der Waals surface area (Å²) in [5, 5.41) is 4.10. The number of ether oxygens (including phenoxy) is 1. The summed E-state index contributed by atoms with van der Waals surface area (Å²) in [6, 6.07) is 4.79. The molecule has 0 aliphatic rings. The lowest BCUT2D eigenvalue weighted by atomic mass is 10.2. The van der Waals surface area contributed by atoms with Crippen LogP contribution in [0.5, 0.6) is 5.88 Å². The lowest BCUT2D eigenvalue weighted by molar-refractivity contribution is -0.137. The van der Waals surface area contributed by atoms with Gasteiger partial charge in [0.05, 0.1) is 18.4 Å². The van der Waals surface area contributed by atoms with Gasteiger partial charge in [0, 0.05) is 11.8 Å². The molecule has 2 aromatic rings. The first-order valence-corrected chi connectivity index (χ1v) is 5.19. The molecule has 0 unspecified atom stereocenters. The van der Waals surface area contributed by atoms with Gasteiger partial charge >= 0.3 is 6.18 Å². The largest absolute Gasteiger partial charge is 0.480 e. The van der Waals surface area contributed by atoms with E-state index in [9.17, 15) is 13.2 Å². The smallest absolute Gasteiger partial charge is 0.416 e. The Morgan fingerprint density at radius 3 is 2.22 bits per heavy atom. The van der Waals surface area contributed by atoms with Crippen LogP contribution in [-0.2, 0) is 6.18 Å². The molecule has 0 atom stereocenters. The van der Waals surface area contributed by atoms with Gasteiger partial charge in [-0.05, 0) is 31.2 Å². The minimum absolute atomic E-state index is 0.454. The lowest BCUT2D eigenvalue weighted by Gasteiger charge is -2.07. The minimum Gasteiger partial charge on any atom is -0.480 e. The number of nitrogens with zero attached hydrogens (tertiary/aromatic N) is 2. The molecule has 0 N–H and O–H groups in total. The molecule has 0 amide bonds. The highest BCUT2D eigenvalue weighted by molar-refractivity contribution is 5.37. The number of rotatable bonds is 2. The molecular weight excluding hydrogens is 245 g/mol. The second-order valence-electron chi connectivity index (χ2n) is 3.81. The number of aryl methyl sites for hydroxylation is 1. The molecule has 0 saturated heterocycles. The van der Waals surface area contributed by atoms with Gasteiger partial charge in [-0.15, -0.1) is 5.10 Å². The number of methoxy groups -OCH3 is 1. The first-order valence-electron chi connectivity index (χ1n) is 5.19. The summed E-state index contributed by atoms with van der Waals surface area (Å²) in [7, 11) is 1.49. The van der Waals surface area contributed by atoms with Crippen LogP contribution in [0, 0.1) is 6.92 Å². The van der Waals surface area contributed by atoms with E-state index in [1.165, 1.54) is 23.9 Å². The van der Waals surface area contributed by atoms with Gasteiger partial charge in [-0.25, -0.2) is 4.68 Å². The molecule has 96 valence electrons. The van der Waals surface area contributed by atoms with Crippen molar-refractivity contribution < 1.29 is 17.9 Å². The van der Waals surface area contributed by atoms with Gasteiger partial charge in [0.15, 0.2) is 0 Å². The van der Waals surface area contributed by atoms with Crippen LogP contribution in [0.15, 0.2) is 30.5 Å². The summed E-state index contributed by atoms with van der Waals surface area (Å²) in [5.41, 5.74) is 0.689. The zero-order chi connectivity index (χ0) is 13.3. The zero-order valence-electron chi connectivity index (χ0n) is 9.82. The van der Waals surface area contributed by atoms with Crippen molar-refractivity contribution in [3.05, 3.63) is 41.6 Å². The normalized spacial score (nSPS) is 11.6. The van der Waals surface area contributed by atoms with Crippen molar-refractivity contribution in [2.75, 3.05) is 7.11 Å². The Bertz CT molecular complexity index is 543. The standard InChI is InChI=1S/C12H11F3N2O/c1-8-7-17(16-11(8)18-2)10-5-3-9(4-6-10)12(13,14)15/h3-7H,1-2H3. The van der Waals surface area contributed by atoms with Crippen LogP contribution in [0.25, 0.3) is 5.69 Å². The molecule has 2 rings (SSSR count). The van der Waals surface area contributed by atoms with E-state index in [0.717, 1.165) is 17.7 Å². The number of alkyl halides is 3. The maximum Gasteiger partial charge on any atom is 0.416 e. The average molecular weight is 256 g/mol. The second-order valence-corrected chi connectivity index (χ2v) is 3.81. The van der Waals surface area contributed by atoms with E-state index >= 15 is 0 Å². The van der Waals surface area contributed by atoms with Crippen LogP contribution < -0.4 is 4.74 Å². The zero-order valence-corrected chi connectivity index (χ0v) is 9.82. The van der Waals surface area contributed by atoms with Crippen molar-refractivity contribution in [1.29, 1.82) is 0 Å². The highest BCUT2D eigenvalue weighted by Crippen LogP contribution is 2.29. The fraction of sp³-hybridized carbons (Fsp3) is 0.250. The molecule has 18 heavy (non-hydrogen) atoms. The Balaban J connectivity index is 2.34. The third-order valence-corrected chi connectivity index (χ3v) is 2.50. The molecule has 0 fully saturated rings. The van der Waals surface area contributed by atoms with Gasteiger partial charge in [-0.3, -0.25) is 0 Å². The molecule has 0 aliphatic carbocycles. The van der Waals surface area contributed by atoms with E-state index in [2.05, 4.69) is 5.10 Å². The van der Waals surface area contributed by atoms with E-state index < -0.39 is 11.7 Å². The van der Waals surface area contributed by atoms with E-state index in [4.69, 9.17) is 4.74 Å². The van der Waals surface area contributed by atoms with Crippen LogP contribution in [0.2, 0.25) is 0 Å². The summed E-state index contributed by atoms with van der Waals surface area (Å²) in [6.45, 7) is 1.81. The fourth-order valence-corrected chi connectivity index (χ4v) is 1.58. The third kappa shape index (κ3) is 2.32. The number of halogens is 3. The number of hydrogen-bond donors (Lipinski definition) is 0. The first kappa shape index (κ1) is 12.5. The molecule has 6 heteroatoms. The lowest BCUT2D eigenvalue weighted by Crippen LogP contribution is -2.05. The third-order valence-electron chi connectivity index (χ3n) is 2.50. The minimum atomic E-state index is -4.32. The van der Waals surface area contributed by atoms with E-state index in [0.29, 0.717) is 11.6 Å². The molecule has 1 heterocycles. The van der Waals surface area contributed by atoms with E-state index in [-0.39, 0.29) is 0 Å². The Kier molecular flexibility index (Phi) is 3.02. The van der Waals surface area contributed by atoms with Crippen molar-refractivity contribution in [2.45, 2.75) is 13.1 Å². The predicted molar refractivity (Wildman–Crippen MR) is 59.9 cm³/mol. The van der Waals surface area contributed by atoms with Crippen LogP contribution in [0.3, 0.4) is 0 Å². The average Bonchev–Trinajstić information content (AvgIpc) is 2.69. The van der Waals surface area contributed by atoms with Crippen LogP contribution in [0.1, 0.15) is 11.1 Å². The van der Waals surface area contributed by atoms with Gasteiger partial charge < -0.3 is 4.74 Å². The maximum absolute atomic E-state index is 12.4. The Hall–Kier alpha value is -1.98. The number of hydrogen-bond acceptors (Lipinski definition) is 2. The van der Waals surface area contributed by atoms with Crippen molar-refractivity contribution in [3.8, 4) is 11.6 Å². The van der Waals surface area contributed by atoms with Crippen LogP contribution >= 0.6 is 0 Å². The maximum atomic E-state index is 12.4. The number of aromatic nitrogens is 2. The Morgan fingerprint density at radius 2 is 1.78 bits per heavy atom.